The Balaban J connectivity index is 2.42. The molecular weight excluding hydrogens is 192 g/mol. The zero-order chi connectivity index (χ0) is 11.4. The lowest BCUT2D eigenvalue weighted by Crippen LogP contribution is -2.45. The standard InChI is InChI=1S/C11H22N2O2/c1-8(2)13-6-5-10(11(13)14)12-9(3)7-15-4/h8-10,12H,5-7H2,1-4H3. The summed E-state index contributed by atoms with van der Waals surface area (Å²) in [6.07, 6.45) is 0.908. The highest BCUT2D eigenvalue weighted by atomic mass is 16.5. The lowest BCUT2D eigenvalue weighted by atomic mass is 10.2. The molecule has 2 unspecified atom stereocenters. The fourth-order valence-electron chi connectivity index (χ4n) is 2.01. The van der Waals surface area contributed by atoms with Gasteiger partial charge in [-0.15, -0.1) is 0 Å². The van der Waals surface area contributed by atoms with E-state index >= 15 is 0 Å². The second-order valence-electron chi connectivity index (χ2n) is 4.49. The molecule has 1 fully saturated rings. The summed E-state index contributed by atoms with van der Waals surface area (Å²) in [7, 11) is 1.68. The summed E-state index contributed by atoms with van der Waals surface area (Å²) in [4.78, 5) is 13.8. The van der Waals surface area contributed by atoms with Crippen molar-refractivity contribution < 1.29 is 9.53 Å². The van der Waals surface area contributed by atoms with Crippen molar-refractivity contribution in [2.45, 2.75) is 45.3 Å². The SMILES string of the molecule is COCC(C)NC1CCN(C(C)C)C1=O. The second kappa shape index (κ2) is 5.47. The van der Waals surface area contributed by atoms with E-state index in [-0.39, 0.29) is 18.0 Å². The number of hydrogen-bond acceptors (Lipinski definition) is 3. The fraction of sp³-hybridized carbons (Fsp3) is 0.909. The van der Waals surface area contributed by atoms with Gasteiger partial charge in [-0.25, -0.2) is 0 Å². The summed E-state index contributed by atoms with van der Waals surface area (Å²) < 4.78 is 5.04. The number of methoxy groups -OCH3 is 1. The molecule has 0 spiro atoms. The summed E-state index contributed by atoms with van der Waals surface area (Å²) in [6, 6.07) is 0.524. The van der Waals surface area contributed by atoms with Crippen molar-refractivity contribution in [2.75, 3.05) is 20.3 Å². The number of ether oxygens (including phenoxy) is 1. The Labute approximate surface area is 92.0 Å². The fourth-order valence-corrected chi connectivity index (χ4v) is 2.01. The van der Waals surface area contributed by atoms with E-state index in [2.05, 4.69) is 19.2 Å². The highest BCUT2D eigenvalue weighted by Gasteiger charge is 2.33. The number of rotatable bonds is 5. The van der Waals surface area contributed by atoms with Gasteiger partial charge in [-0.3, -0.25) is 4.79 Å². The maximum Gasteiger partial charge on any atom is 0.240 e. The highest BCUT2D eigenvalue weighted by Crippen LogP contribution is 2.14. The molecule has 1 aliphatic heterocycles. The molecule has 0 aromatic rings. The Hall–Kier alpha value is -0.610. The largest absolute Gasteiger partial charge is 0.383 e. The van der Waals surface area contributed by atoms with E-state index < -0.39 is 0 Å². The van der Waals surface area contributed by atoms with E-state index in [0.29, 0.717) is 12.6 Å². The average Bonchev–Trinajstić information content (AvgIpc) is 2.48. The van der Waals surface area contributed by atoms with Gasteiger partial charge in [-0.1, -0.05) is 0 Å². The van der Waals surface area contributed by atoms with Gasteiger partial charge in [0.05, 0.1) is 12.6 Å². The van der Waals surface area contributed by atoms with Gasteiger partial charge >= 0.3 is 0 Å². The Bertz CT molecular complexity index is 219. The van der Waals surface area contributed by atoms with Crippen molar-refractivity contribution in [3.05, 3.63) is 0 Å². The normalized spacial score (nSPS) is 23.9. The zero-order valence-electron chi connectivity index (χ0n) is 10.1. The quantitative estimate of drug-likeness (QED) is 0.729. The molecule has 0 aliphatic carbocycles. The molecule has 1 amide bonds. The van der Waals surface area contributed by atoms with Gasteiger partial charge < -0.3 is 15.0 Å². The Morgan fingerprint density at radius 1 is 1.53 bits per heavy atom. The molecular formula is C11H22N2O2. The van der Waals surface area contributed by atoms with Crippen LogP contribution in [0.25, 0.3) is 0 Å². The van der Waals surface area contributed by atoms with Gasteiger partial charge in [0.2, 0.25) is 5.91 Å². The summed E-state index contributed by atoms with van der Waals surface area (Å²) in [6.45, 7) is 7.66. The first-order valence-electron chi connectivity index (χ1n) is 5.61. The third kappa shape index (κ3) is 3.18. The molecule has 0 saturated carbocycles. The molecule has 4 nitrogen and oxygen atoms in total. The number of carbonyl (C=O) groups excluding carboxylic acids is 1. The van der Waals surface area contributed by atoms with Crippen molar-refractivity contribution in [1.82, 2.24) is 10.2 Å². The molecule has 88 valence electrons. The van der Waals surface area contributed by atoms with Crippen LogP contribution < -0.4 is 5.32 Å². The predicted octanol–water partition coefficient (Wildman–Crippen LogP) is 0.620. The first-order chi connectivity index (χ1) is 7.06. The molecule has 15 heavy (non-hydrogen) atoms. The number of likely N-dealkylation sites (tertiary alicyclic amines) is 1. The molecule has 1 aliphatic rings. The summed E-state index contributed by atoms with van der Waals surface area (Å²) >= 11 is 0. The van der Waals surface area contributed by atoms with E-state index in [4.69, 9.17) is 4.74 Å². The maximum absolute atomic E-state index is 11.9. The van der Waals surface area contributed by atoms with Crippen molar-refractivity contribution in [3.8, 4) is 0 Å². The van der Waals surface area contributed by atoms with Crippen molar-refractivity contribution in [2.24, 2.45) is 0 Å². The van der Waals surface area contributed by atoms with Crippen LogP contribution in [0.3, 0.4) is 0 Å². The van der Waals surface area contributed by atoms with E-state index in [0.717, 1.165) is 13.0 Å². The maximum atomic E-state index is 11.9. The number of nitrogens with one attached hydrogen (secondary N) is 1. The van der Waals surface area contributed by atoms with E-state index in [1.165, 1.54) is 0 Å². The van der Waals surface area contributed by atoms with Crippen molar-refractivity contribution in [3.63, 3.8) is 0 Å². The Morgan fingerprint density at radius 2 is 2.20 bits per heavy atom. The van der Waals surface area contributed by atoms with Crippen LogP contribution in [-0.2, 0) is 9.53 Å². The monoisotopic (exact) mass is 214 g/mol. The lowest BCUT2D eigenvalue weighted by Gasteiger charge is -2.22. The van der Waals surface area contributed by atoms with Crippen LogP contribution in [-0.4, -0.2) is 49.2 Å². The molecule has 4 heteroatoms. The molecule has 0 bridgehead atoms. The Kier molecular flexibility index (Phi) is 4.54. The van der Waals surface area contributed by atoms with Crippen LogP contribution in [0, 0.1) is 0 Å². The van der Waals surface area contributed by atoms with Crippen LogP contribution in [0.2, 0.25) is 0 Å². The molecule has 1 saturated heterocycles. The lowest BCUT2D eigenvalue weighted by molar-refractivity contribution is -0.131. The summed E-state index contributed by atoms with van der Waals surface area (Å²) in [5, 5.41) is 3.30. The van der Waals surface area contributed by atoms with Gasteiger partial charge in [0, 0.05) is 25.7 Å². The van der Waals surface area contributed by atoms with E-state index in [1.807, 2.05) is 11.8 Å². The molecule has 1 N–H and O–H groups in total. The minimum Gasteiger partial charge on any atom is -0.383 e. The minimum absolute atomic E-state index is 0.0162. The van der Waals surface area contributed by atoms with Crippen LogP contribution >= 0.6 is 0 Å². The molecule has 0 aromatic heterocycles. The molecule has 1 heterocycles. The zero-order valence-corrected chi connectivity index (χ0v) is 10.1. The van der Waals surface area contributed by atoms with Gasteiger partial charge in [-0.2, -0.15) is 0 Å². The molecule has 0 radical (unpaired) electrons. The van der Waals surface area contributed by atoms with Gasteiger partial charge in [0.15, 0.2) is 0 Å². The number of amides is 1. The van der Waals surface area contributed by atoms with Crippen LogP contribution in [0.5, 0.6) is 0 Å². The topological polar surface area (TPSA) is 41.6 Å². The smallest absolute Gasteiger partial charge is 0.240 e. The average molecular weight is 214 g/mol. The third-order valence-electron chi connectivity index (χ3n) is 2.77. The summed E-state index contributed by atoms with van der Waals surface area (Å²) in [5.74, 6) is 0.230. The van der Waals surface area contributed by atoms with E-state index in [9.17, 15) is 4.79 Å². The Morgan fingerprint density at radius 3 is 2.67 bits per heavy atom. The van der Waals surface area contributed by atoms with E-state index in [1.54, 1.807) is 7.11 Å². The number of hydrogen-bond donors (Lipinski definition) is 1. The van der Waals surface area contributed by atoms with Gasteiger partial charge in [0.25, 0.3) is 0 Å². The third-order valence-corrected chi connectivity index (χ3v) is 2.77. The van der Waals surface area contributed by atoms with Crippen LogP contribution in [0.4, 0.5) is 0 Å². The van der Waals surface area contributed by atoms with Crippen LogP contribution in [0.15, 0.2) is 0 Å². The molecule has 0 aromatic carbocycles. The molecule has 1 rings (SSSR count). The van der Waals surface area contributed by atoms with Crippen molar-refractivity contribution in [1.29, 1.82) is 0 Å². The highest BCUT2D eigenvalue weighted by molar-refractivity contribution is 5.84. The molecule has 2 atom stereocenters. The van der Waals surface area contributed by atoms with Crippen molar-refractivity contribution >= 4 is 5.91 Å². The minimum atomic E-state index is -0.0162. The van der Waals surface area contributed by atoms with Gasteiger partial charge in [0.1, 0.15) is 0 Å². The second-order valence-corrected chi connectivity index (χ2v) is 4.49. The number of nitrogens with zero attached hydrogens (tertiary/aromatic N) is 1. The van der Waals surface area contributed by atoms with Crippen LogP contribution in [0.1, 0.15) is 27.2 Å². The number of carbonyl (C=O) groups is 1. The van der Waals surface area contributed by atoms with Gasteiger partial charge in [-0.05, 0) is 27.2 Å². The first kappa shape index (κ1) is 12.5. The first-order valence-corrected chi connectivity index (χ1v) is 5.61. The predicted molar refractivity (Wildman–Crippen MR) is 59.7 cm³/mol. The summed E-state index contributed by atoms with van der Waals surface area (Å²) in [5.41, 5.74) is 0.